The molecule has 27 heavy (non-hydrogen) atoms. The second kappa shape index (κ2) is 8.73. The van der Waals surface area contributed by atoms with Crippen LogP contribution in [0, 0.1) is 6.92 Å². The number of ether oxygens (including phenoxy) is 1. The molecule has 0 amide bonds. The average molecular weight is 390 g/mol. The highest BCUT2D eigenvalue weighted by molar-refractivity contribution is 7.89. The predicted octanol–water partition coefficient (Wildman–Crippen LogP) is 2.10. The average Bonchev–Trinajstić information content (AvgIpc) is 2.69. The molecule has 1 N–H and O–H groups in total. The highest BCUT2D eigenvalue weighted by Gasteiger charge is 2.20. The lowest BCUT2D eigenvalue weighted by atomic mass is 10.2. The van der Waals surface area contributed by atoms with E-state index in [9.17, 15) is 8.42 Å². The van der Waals surface area contributed by atoms with Crippen LogP contribution in [0.2, 0.25) is 0 Å². The summed E-state index contributed by atoms with van der Waals surface area (Å²) in [5.41, 5.74) is 2.15. The zero-order valence-electron chi connectivity index (χ0n) is 15.9. The van der Waals surface area contributed by atoms with Crippen molar-refractivity contribution in [3.63, 3.8) is 0 Å². The maximum atomic E-state index is 12.3. The maximum absolute atomic E-state index is 12.3. The van der Waals surface area contributed by atoms with Crippen LogP contribution in [0.4, 0.5) is 5.69 Å². The zero-order chi connectivity index (χ0) is 19.3. The molecule has 7 heteroatoms. The van der Waals surface area contributed by atoms with Gasteiger partial charge in [-0.25, -0.2) is 13.1 Å². The van der Waals surface area contributed by atoms with Gasteiger partial charge in [0.1, 0.15) is 5.75 Å². The standard InChI is InChI=1S/C20H27N3O3S/c1-17-7-9-18(10-8-17)27(24,25)21-11-12-22-13-15-23(16-14-22)19-5-3-4-6-20(19)26-2/h3-10,21H,11-16H2,1-2H3. The SMILES string of the molecule is COc1ccccc1N1CCN(CCNS(=O)(=O)c2ccc(C)cc2)CC1. The first-order valence-corrected chi connectivity index (χ1v) is 10.6. The van der Waals surface area contributed by atoms with Crippen molar-refractivity contribution >= 4 is 15.7 Å². The van der Waals surface area contributed by atoms with Crippen LogP contribution in [0.5, 0.6) is 5.75 Å². The first-order valence-electron chi connectivity index (χ1n) is 9.16. The first-order chi connectivity index (χ1) is 13.0. The summed E-state index contributed by atoms with van der Waals surface area (Å²) in [6.07, 6.45) is 0. The number of methoxy groups -OCH3 is 1. The van der Waals surface area contributed by atoms with E-state index in [1.807, 2.05) is 37.3 Å². The van der Waals surface area contributed by atoms with Crippen molar-refractivity contribution in [1.82, 2.24) is 9.62 Å². The van der Waals surface area contributed by atoms with Crippen LogP contribution in [0.3, 0.4) is 0 Å². The number of anilines is 1. The molecule has 2 aromatic carbocycles. The molecule has 3 rings (SSSR count). The summed E-state index contributed by atoms with van der Waals surface area (Å²) in [7, 11) is -1.75. The van der Waals surface area contributed by atoms with Crippen LogP contribution in [-0.4, -0.2) is 59.7 Å². The predicted molar refractivity (Wildman–Crippen MR) is 108 cm³/mol. The molecule has 0 radical (unpaired) electrons. The van der Waals surface area contributed by atoms with E-state index in [1.165, 1.54) is 0 Å². The fourth-order valence-electron chi connectivity index (χ4n) is 3.24. The second-order valence-corrected chi connectivity index (χ2v) is 8.48. The van der Waals surface area contributed by atoms with Gasteiger partial charge in [-0.15, -0.1) is 0 Å². The summed E-state index contributed by atoms with van der Waals surface area (Å²) in [5.74, 6) is 0.886. The van der Waals surface area contributed by atoms with Crippen molar-refractivity contribution in [2.45, 2.75) is 11.8 Å². The third kappa shape index (κ3) is 5.00. The summed E-state index contributed by atoms with van der Waals surface area (Å²) in [5, 5.41) is 0. The largest absolute Gasteiger partial charge is 0.495 e. The Hall–Kier alpha value is -2.09. The Balaban J connectivity index is 1.48. The Morgan fingerprint density at radius 2 is 1.67 bits per heavy atom. The second-order valence-electron chi connectivity index (χ2n) is 6.71. The van der Waals surface area contributed by atoms with Gasteiger partial charge in [-0.3, -0.25) is 4.90 Å². The molecule has 2 aromatic rings. The van der Waals surface area contributed by atoms with Crippen LogP contribution < -0.4 is 14.4 Å². The van der Waals surface area contributed by atoms with E-state index >= 15 is 0 Å². The number of hydrogen-bond acceptors (Lipinski definition) is 5. The fraction of sp³-hybridized carbons (Fsp3) is 0.400. The minimum atomic E-state index is -3.44. The van der Waals surface area contributed by atoms with Gasteiger partial charge in [0.2, 0.25) is 10.0 Å². The van der Waals surface area contributed by atoms with Gasteiger partial charge in [0, 0.05) is 39.3 Å². The van der Waals surface area contributed by atoms with E-state index in [4.69, 9.17) is 4.74 Å². The van der Waals surface area contributed by atoms with Crippen molar-refractivity contribution in [3.05, 3.63) is 54.1 Å². The van der Waals surface area contributed by atoms with Gasteiger partial charge >= 0.3 is 0 Å². The molecule has 0 aromatic heterocycles. The molecule has 1 aliphatic heterocycles. The first kappa shape index (κ1) is 19.7. The quantitative estimate of drug-likeness (QED) is 0.786. The third-order valence-corrected chi connectivity index (χ3v) is 6.33. The van der Waals surface area contributed by atoms with Gasteiger partial charge < -0.3 is 9.64 Å². The minimum absolute atomic E-state index is 0.314. The van der Waals surface area contributed by atoms with E-state index in [1.54, 1.807) is 19.2 Å². The van der Waals surface area contributed by atoms with Crippen molar-refractivity contribution in [1.29, 1.82) is 0 Å². The fourth-order valence-corrected chi connectivity index (χ4v) is 4.26. The number of sulfonamides is 1. The molecule has 1 fully saturated rings. The van der Waals surface area contributed by atoms with E-state index in [0.29, 0.717) is 18.0 Å². The summed E-state index contributed by atoms with van der Waals surface area (Å²) in [6, 6.07) is 14.9. The van der Waals surface area contributed by atoms with Crippen LogP contribution in [0.25, 0.3) is 0 Å². The Morgan fingerprint density at radius 3 is 2.33 bits per heavy atom. The number of para-hydroxylation sites is 2. The maximum Gasteiger partial charge on any atom is 0.240 e. The topological polar surface area (TPSA) is 61.9 Å². The number of hydrogen-bond donors (Lipinski definition) is 1. The lowest BCUT2D eigenvalue weighted by Crippen LogP contribution is -2.48. The van der Waals surface area contributed by atoms with Crippen molar-refractivity contribution in [2.75, 3.05) is 51.3 Å². The molecule has 1 saturated heterocycles. The van der Waals surface area contributed by atoms with Crippen molar-refractivity contribution < 1.29 is 13.2 Å². The smallest absolute Gasteiger partial charge is 0.240 e. The lowest BCUT2D eigenvalue weighted by Gasteiger charge is -2.36. The van der Waals surface area contributed by atoms with Crippen LogP contribution in [0.15, 0.2) is 53.4 Å². The number of nitrogens with one attached hydrogen (secondary N) is 1. The number of benzene rings is 2. The van der Waals surface area contributed by atoms with Crippen LogP contribution in [-0.2, 0) is 10.0 Å². The molecule has 0 saturated carbocycles. The Labute approximate surface area is 161 Å². The Bertz CT molecular complexity index is 845. The highest BCUT2D eigenvalue weighted by Crippen LogP contribution is 2.28. The monoisotopic (exact) mass is 389 g/mol. The molecule has 0 atom stereocenters. The van der Waals surface area contributed by atoms with E-state index in [0.717, 1.165) is 43.2 Å². The van der Waals surface area contributed by atoms with Crippen LogP contribution in [0.1, 0.15) is 5.56 Å². The molecule has 1 aliphatic rings. The number of piperazine rings is 1. The van der Waals surface area contributed by atoms with Gasteiger partial charge in [-0.2, -0.15) is 0 Å². The Kier molecular flexibility index (Phi) is 6.36. The normalized spacial score (nSPS) is 15.7. The van der Waals surface area contributed by atoms with Crippen molar-refractivity contribution in [3.8, 4) is 5.75 Å². The molecule has 0 spiro atoms. The summed E-state index contributed by atoms with van der Waals surface area (Å²) in [4.78, 5) is 4.91. The molecular weight excluding hydrogens is 362 g/mol. The van der Waals surface area contributed by atoms with Gasteiger partial charge in [0.05, 0.1) is 17.7 Å². The molecule has 1 heterocycles. The van der Waals surface area contributed by atoms with Gasteiger partial charge in [0.15, 0.2) is 0 Å². The third-order valence-electron chi connectivity index (χ3n) is 4.85. The van der Waals surface area contributed by atoms with E-state index in [-0.39, 0.29) is 0 Å². The van der Waals surface area contributed by atoms with E-state index < -0.39 is 10.0 Å². The number of rotatable bonds is 7. The molecule has 6 nitrogen and oxygen atoms in total. The van der Waals surface area contributed by atoms with Crippen LogP contribution >= 0.6 is 0 Å². The highest BCUT2D eigenvalue weighted by atomic mass is 32.2. The van der Waals surface area contributed by atoms with Gasteiger partial charge in [-0.05, 0) is 31.2 Å². The minimum Gasteiger partial charge on any atom is -0.495 e. The molecule has 0 bridgehead atoms. The summed E-state index contributed by atoms with van der Waals surface area (Å²) >= 11 is 0. The molecule has 0 unspecified atom stereocenters. The Morgan fingerprint density at radius 1 is 1.00 bits per heavy atom. The number of aryl methyl sites for hydroxylation is 1. The van der Waals surface area contributed by atoms with Crippen molar-refractivity contribution in [2.24, 2.45) is 0 Å². The lowest BCUT2D eigenvalue weighted by molar-refractivity contribution is 0.261. The summed E-state index contributed by atoms with van der Waals surface area (Å²) in [6.45, 7) is 6.62. The van der Waals surface area contributed by atoms with Gasteiger partial charge in [0.25, 0.3) is 0 Å². The zero-order valence-corrected chi connectivity index (χ0v) is 16.7. The molecule has 0 aliphatic carbocycles. The molecular formula is C20H27N3O3S. The summed E-state index contributed by atoms with van der Waals surface area (Å²) < 4.78 is 32.8. The number of nitrogens with zero attached hydrogens (tertiary/aromatic N) is 2. The van der Waals surface area contributed by atoms with Gasteiger partial charge in [-0.1, -0.05) is 29.8 Å². The van der Waals surface area contributed by atoms with E-state index in [2.05, 4.69) is 20.6 Å². The molecule has 146 valence electrons.